The number of carbonyl (C=O) groups is 1. The molecule has 0 amide bonds. The van der Waals surface area contributed by atoms with Crippen molar-refractivity contribution in [3.8, 4) is 5.75 Å². The molecule has 2 aromatic carbocycles. The molecule has 4 heteroatoms. The third kappa shape index (κ3) is 2.37. The molecule has 3 nitrogen and oxygen atoms in total. The number of alkyl halides is 1. The maximum Gasteiger partial charge on any atom is 0.154 e. The van der Waals surface area contributed by atoms with E-state index in [9.17, 15) is 9.90 Å². The highest BCUT2D eigenvalue weighted by molar-refractivity contribution is 14.1. The molecular weight excluding hydrogens is 365 g/mol. The van der Waals surface area contributed by atoms with E-state index in [1.807, 2.05) is 24.3 Å². The first-order valence-electron chi connectivity index (χ1n) is 6.79. The van der Waals surface area contributed by atoms with Gasteiger partial charge in [-0.25, -0.2) is 0 Å². The zero-order valence-electron chi connectivity index (χ0n) is 11.1. The van der Waals surface area contributed by atoms with Gasteiger partial charge in [-0.15, -0.1) is 0 Å². The smallest absolute Gasteiger partial charge is 0.154 e. The van der Waals surface area contributed by atoms with Crippen molar-refractivity contribution in [3.63, 3.8) is 0 Å². The van der Waals surface area contributed by atoms with Crippen LogP contribution in [0.25, 0.3) is 10.8 Å². The van der Waals surface area contributed by atoms with Crippen molar-refractivity contribution in [2.75, 3.05) is 18.0 Å². The van der Waals surface area contributed by atoms with Crippen LogP contribution in [0, 0.1) is 0 Å². The fraction of sp³-hybridized carbons (Fsp3) is 0.312. The summed E-state index contributed by atoms with van der Waals surface area (Å²) in [6.07, 6.45) is 3.05. The molecule has 0 atom stereocenters. The first kappa shape index (κ1) is 13.7. The number of rotatable bonds is 2. The predicted molar refractivity (Wildman–Crippen MR) is 90.3 cm³/mol. The van der Waals surface area contributed by atoms with Gasteiger partial charge in [0.2, 0.25) is 0 Å². The summed E-state index contributed by atoms with van der Waals surface area (Å²) >= 11 is 2.50. The second-order valence-electron chi connectivity index (χ2n) is 5.15. The number of piperidine rings is 1. The fourth-order valence-corrected chi connectivity index (χ4v) is 3.40. The van der Waals surface area contributed by atoms with Crippen molar-refractivity contribution >= 4 is 45.3 Å². The molecule has 0 unspecified atom stereocenters. The Morgan fingerprint density at radius 1 is 1.20 bits per heavy atom. The van der Waals surface area contributed by atoms with Crippen molar-refractivity contribution in [2.45, 2.75) is 16.8 Å². The Bertz CT molecular complexity index is 648. The number of hydrogen-bond donors (Lipinski definition) is 1. The van der Waals surface area contributed by atoms with Gasteiger partial charge in [-0.3, -0.25) is 4.79 Å². The number of phenols is 1. The van der Waals surface area contributed by atoms with Crippen LogP contribution in [0.15, 0.2) is 30.3 Å². The monoisotopic (exact) mass is 381 g/mol. The lowest BCUT2D eigenvalue weighted by molar-refractivity contribution is 0.112. The molecule has 1 fully saturated rings. The lowest BCUT2D eigenvalue weighted by atomic mass is 10.0. The second-order valence-corrected chi connectivity index (χ2v) is 6.92. The van der Waals surface area contributed by atoms with E-state index in [4.69, 9.17) is 0 Å². The molecule has 0 aliphatic carbocycles. The maximum absolute atomic E-state index is 11.2. The average Bonchev–Trinajstić information content (AvgIpc) is 2.47. The summed E-state index contributed by atoms with van der Waals surface area (Å²) in [7, 11) is 0. The van der Waals surface area contributed by atoms with Crippen molar-refractivity contribution in [2.24, 2.45) is 0 Å². The summed E-state index contributed by atoms with van der Waals surface area (Å²) in [5.74, 6) is 0.0743. The minimum absolute atomic E-state index is 0.0743. The molecule has 1 aliphatic rings. The van der Waals surface area contributed by atoms with E-state index in [1.54, 1.807) is 6.07 Å². The van der Waals surface area contributed by atoms with E-state index in [1.165, 1.54) is 0 Å². The Balaban J connectivity index is 2.14. The van der Waals surface area contributed by atoms with Gasteiger partial charge in [-0.05, 0) is 18.2 Å². The van der Waals surface area contributed by atoms with Gasteiger partial charge < -0.3 is 10.0 Å². The zero-order valence-corrected chi connectivity index (χ0v) is 13.2. The van der Waals surface area contributed by atoms with Crippen LogP contribution in [0.5, 0.6) is 5.75 Å². The van der Waals surface area contributed by atoms with Gasteiger partial charge in [0.25, 0.3) is 0 Å². The molecule has 1 aliphatic heterocycles. The van der Waals surface area contributed by atoms with Crippen molar-refractivity contribution in [1.82, 2.24) is 0 Å². The zero-order chi connectivity index (χ0) is 14.1. The van der Waals surface area contributed by atoms with Crippen molar-refractivity contribution in [3.05, 3.63) is 35.9 Å². The van der Waals surface area contributed by atoms with Crippen LogP contribution in [0.1, 0.15) is 23.2 Å². The number of phenolic OH excluding ortho intramolecular Hbond substituents is 1. The van der Waals surface area contributed by atoms with E-state index < -0.39 is 0 Å². The minimum Gasteiger partial charge on any atom is -0.507 e. The Morgan fingerprint density at radius 2 is 1.85 bits per heavy atom. The first-order chi connectivity index (χ1) is 9.70. The summed E-state index contributed by atoms with van der Waals surface area (Å²) in [5.41, 5.74) is 1.42. The van der Waals surface area contributed by atoms with E-state index in [2.05, 4.69) is 27.5 Å². The van der Waals surface area contributed by atoms with E-state index in [0.29, 0.717) is 5.56 Å². The third-order valence-electron chi connectivity index (χ3n) is 3.93. The molecule has 2 aromatic rings. The Labute approximate surface area is 131 Å². The van der Waals surface area contributed by atoms with Gasteiger partial charge >= 0.3 is 0 Å². The number of halogens is 1. The molecular formula is C16H16INO2. The Morgan fingerprint density at radius 3 is 2.50 bits per heavy atom. The molecule has 3 rings (SSSR count). The Hall–Kier alpha value is -1.30. The molecule has 1 N–H and O–H groups in total. The minimum atomic E-state index is 0.0743. The number of aldehydes is 1. The van der Waals surface area contributed by atoms with Crippen LogP contribution in [0.4, 0.5) is 5.69 Å². The summed E-state index contributed by atoms with van der Waals surface area (Å²) in [5, 5.41) is 12.0. The van der Waals surface area contributed by atoms with E-state index >= 15 is 0 Å². The number of fused-ring (bicyclic) bond motifs is 1. The summed E-state index contributed by atoms with van der Waals surface area (Å²) in [6.45, 7) is 1.99. The van der Waals surface area contributed by atoms with E-state index in [-0.39, 0.29) is 5.75 Å². The average molecular weight is 381 g/mol. The summed E-state index contributed by atoms with van der Waals surface area (Å²) < 4.78 is 0.734. The maximum atomic E-state index is 11.2. The lowest BCUT2D eigenvalue weighted by Gasteiger charge is -2.32. The van der Waals surface area contributed by atoms with Gasteiger partial charge in [0.05, 0.1) is 5.56 Å². The number of hydrogen-bond acceptors (Lipinski definition) is 3. The first-order valence-corrected chi connectivity index (χ1v) is 8.04. The number of aromatic hydroxyl groups is 1. The molecule has 0 spiro atoms. The van der Waals surface area contributed by atoms with Crippen LogP contribution in [0.3, 0.4) is 0 Å². The number of carbonyl (C=O) groups excluding carboxylic acids is 1. The second kappa shape index (κ2) is 5.60. The fourth-order valence-electron chi connectivity index (χ4n) is 2.84. The van der Waals surface area contributed by atoms with Crippen LogP contribution < -0.4 is 4.90 Å². The molecule has 0 radical (unpaired) electrons. The summed E-state index contributed by atoms with van der Waals surface area (Å²) in [6, 6.07) is 9.53. The molecule has 1 saturated heterocycles. The Kier molecular flexibility index (Phi) is 3.83. The molecule has 0 bridgehead atoms. The molecule has 1 heterocycles. The van der Waals surface area contributed by atoms with Crippen molar-refractivity contribution in [1.29, 1.82) is 0 Å². The molecule has 0 saturated carbocycles. The highest BCUT2D eigenvalue weighted by Gasteiger charge is 2.20. The molecule has 20 heavy (non-hydrogen) atoms. The topological polar surface area (TPSA) is 40.5 Å². The normalized spacial score (nSPS) is 16.6. The van der Waals surface area contributed by atoms with Gasteiger partial charge in [-0.1, -0.05) is 46.9 Å². The SMILES string of the molecule is O=Cc1c(O)cc(N2CCC(I)CC2)c2ccccc12. The van der Waals surface area contributed by atoms with Gasteiger partial charge in [0.15, 0.2) is 6.29 Å². The van der Waals surface area contributed by atoms with Crippen molar-refractivity contribution < 1.29 is 9.90 Å². The number of benzene rings is 2. The highest BCUT2D eigenvalue weighted by atomic mass is 127. The molecule has 0 aromatic heterocycles. The number of nitrogens with zero attached hydrogens (tertiary/aromatic N) is 1. The van der Waals surface area contributed by atoms with Crippen LogP contribution in [-0.2, 0) is 0 Å². The van der Waals surface area contributed by atoms with E-state index in [0.717, 1.165) is 52.6 Å². The third-order valence-corrected chi connectivity index (χ3v) is 5.17. The molecule has 104 valence electrons. The van der Waals surface area contributed by atoms with Gasteiger partial charge in [0, 0.05) is 34.2 Å². The van der Waals surface area contributed by atoms with Crippen LogP contribution in [0.2, 0.25) is 0 Å². The quantitative estimate of drug-likeness (QED) is 0.489. The van der Waals surface area contributed by atoms with Crippen LogP contribution >= 0.6 is 22.6 Å². The largest absolute Gasteiger partial charge is 0.507 e. The summed E-state index contributed by atoms with van der Waals surface area (Å²) in [4.78, 5) is 13.5. The number of anilines is 1. The predicted octanol–water partition coefficient (Wildman–Crippen LogP) is 3.76. The lowest BCUT2D eigenvalue weighted by Crippen LogP contribution is -2.33. The van der Waals surface area contributed by atoms with Crippen LogP contribution in [-0.4, -0.2) is 28.4 Å². The van der Waals surface area contributed by atoms with Gasteiger partial charge in [0.1, 0.15) is 5.75 Å². The highest BCUT2D eigenvalue weighted by Crippen LogP contribution is 2.36. The van der Waals surface area contributed by atoms with Gasteiger partial charge in [-0.2, -0.15) is 0 Å². The standard InChI is InChI=1S/C16H16INO2/c17-11-5-7-18(8-6-11)15-9-16(20)14(10-19)12-3-1-2-4-13(12)15/h1-4,9-11,20H,5-8H2.